The highest BCUT2D eigenvalue weighted by Crippen LogP contribution is 2.36. The number of Topliss-reactive ketones (excluding diaryl/α,β-unsaturated/α-hetero) is 1. The van der Waals surface area contributed by atoms with Crippen molar-refractivity contribution in [2.75, 3.05) is 0 Å². The van der Waals surface area contributed by atoms with Crippen LogP contribution in [-0.4, -0.2) is 10.4 Å². The molecule has 0 saturated heterocycles. The third kappa shape index (κ3) is 3.72. The molecule has 1 aliphatic rings. The summed E-state index contributed by atoms with van der Waals surface area (Å²) in [6, 6.07) is 5.08. The number of carbonyl (C=O) groups is 1. The van der Waals surface area contributed by atoms with Gasteiger partial charge in [0.1, 0.15) is 0 Å². The number of ketones is 1. The van der Waals surface area contributed by atoms with Crippen molar-refractivity contribution in [2.45, 2.75) is 38.9 Å². The topological polar surface area (TPSA) is 34.4 Å². The molecule has 8 heteroatoms. The van der Waals surface area contributed by atoms with Gasteiger partial charge in [-0.1, -0.05) is 11.3 Å². The molecule has 24 heavy (non-hydrogen) atoms. The highest BCUT2D eigenvalue weighted by molar-refractivity contribution is 7.11. The van der Waals surface area contributed by atoms with Gasteiger partial charge in [-0.25, -0.2) is 4.99 Å². The number of aromatic nitrogens is 1. The lowest BCUT2D eigenvalue weighted by Crippen LogP contribution is -2.14. The van der Waals surface area contributed by atoms with Crippen molar-refractivity contribution in [2.24, 2.45) is 4.99 Å². The van der Waals surface area contributed by atoms with Crippen LogP contribution in [0.25, 0.3) is 0 Å². The minimum absolute atomic E-state index is 0. The highest BCUT2D eigenvalue weighted by Gasteiger charge is 2.30. The van der Waals surface area contributed by atoms with Crippen LogP contribution in [0.5, 0.6) is 0 Å². The molecule has 0 N–H and O–H groups in total. The lowest BCUT2D eigenvalue weighted by molar-refractivity contribution is -0.137. The van der Waals surface area contributed by atoms with Crippen LogP contribution in [0.15, 0.2) is 29.3 Å². The Morgan fingerprint density at radius 3 is 2.29 bits per heavy atom. The first-order valence-electron chi connectivity index (χ1n) is 7.22. The smallest absolute Gasteiger partial charge is 0.317 e. The molecule has 1 aromatic heterocycles. The summed E-state index contributed by atoms with van der Waals surface area (Å²) >= 11 is 1.29. The molecule has 3 rings (SSSR count). The molecule has 3 nitrogen and oxygen atoms in total. The normalized spacial score (nSPS) is 15.3. The second kappa shape index (κ2) is 6.72. The summed E-state index contributed by atoms with van der Waals surface area (Å²) in [4.78, 5) is 17.5. The Bertz CT molecular complexity index is 817. The quantitative estimate of drug-likeness (QED) is 0.689. The minimum atomic E-state index is -4.35. The van der Waals surface area contributed by atoms with Gasteiger partial charge in [-0.05, 0) is 44.0 Å². The van der Waals surface area contributed by atoms with Crippen molar-refractivity contribution in [3.63, 3.8) is 0 Å². The van der Waals surface area contributed by atoms with Crippen LogP contribution >= 0.6 is 23.7 Å². The fourth-order valence-corrected chi connectivity index (χ4v) is 3.58. The predicted octanol–water partition coefficient (Wildman–Crippen LogP) is 5.07. The fraction of sp³-hybridized carbons (Fsp3) is 0.375. The minimum Gasteiger partial charge on any atom is -0.317 e. The Balaban J connectivity index is 0.00000208. The molecule has 1 heterocycles. The van der Waals surface area contributed by atoms with Gasteiger partial charge in [-0.2, -0.15) is 13.2 Å². The van der Waals surface area contributed by atoms with Gasteiger partial charge in [0.2, 0.25) is 0 Å². The summed E-state index contributed by atoms with van der Waals surface area (Å²) in [6.07, 6.45) is -2.28. The maximum Gasteiger partial charge on any atom is 0.416 e. The van der Waals surface area contributed by atoms with E-state index < -0.39 is 11.7 Å². The molecular formula is C16H16ClF3N2OS. The number of nitrogens with zero attached hydrogens (tertiary/aromatic N) is 2. The van der Waals surface area contributed by atoms with E-state index in [-0.39, 0.29) is 18.2 Å². The average Bonchev–Trinajstić information content (AvgIpc) is 3.23. The lowest BCUT2D eigenvalue weighted by Gasteiger charge is -2.06. The molecule has 2 aromatic rings. The van der Waals surface area contributed by atoms with Gasteiger partial charge < -0.3 is 4.57 Å². The van der Waals surface area contributed by atoms with E-state index in [1.807, 2.05) is 11.5 Å². The number of hydrogen-bond acceptors (Lipinski definition) is 3. The van der Waals surface area contributed by atoms with Gasteiger partial charge in [0.25, 0.3) is 0 Å². The van der Waals surface area contributed by atoms with Crippen molar-refractivity contribution in [3.8, 4) is 0 Å². The zero-order valence-corrected chi connectivity index (χ0v) is 14.7. The third-order valence-electron chi connectivity index (χ3n) is 3.74. The van der Waals surface area contributed by atoms with E-state index in [9.17, 15) is 18.0 Å². The molecule has 0 amide bonds. The first kappa shape index (κ1) is 18.7. The number of halogens is 4. The summed E-state index contributed by atoms with van der Waals surface area (Å²) in [7, 11) is 0. The molecule has 0 radical (unpaired) electrons. The average molecular weight is 377 g/mol. The Labute approximate surface area is 147 Å². The summed E-state index contributed by atoms with van der Waals surface area (Å²) < 4.78 is 39.8. The van der Waals surface area contributed by atoms with Crippen molar-refractivity contribution in [1.82, 2.24) is 4.57 Å². The molecule has 0 unspecified atom stereocenters. The monoisotopic (exact) mass is 376 g/mol. The zero-order chi connectivity index (χ0) is 16.8. The summed E-state index contributed by atoms with van der Waals surface area (Å²) in [5.41, 5.74) is 0.637. The molecule has 1 fully saturated rings. The number of rotatable bonds is 3. The van der Waals surface area contributed by atoms with E-state index in [0.717, 1.165) is 30.7 Å². The zero-order valence-electron chi connectivity index (χ0n) is 13.1. The van der Waals surface area contributed by atoms with Crippen LogP contribution in [-0.2, 0) is 6.18 Å². The van der Waals surface area contributed by atoms with Gasteiger partial charge in [0.05, 0.1) is 16.1 Å². The fourth-order valence-electron chi connectivity index (χ4n) is 2.47. The van der Waals surface area contributed by atoms with E-state index >= 15 is 0 Å². The van der Waals surface area contributed by atoms with Crippen LogP contribution in [0.2, 0.25) is 0 Å². The number of carbonyl (C=O) groups excluding carboxylic acids is 1. The lowest BCUT2D eigenvalue weighted by atomic mass is 10.2. The van der Waals surface area contributed by atoms with Crippen LogP contribution in [0.4, 0.5) is 18.9 Å². The van der Waals surface area contributed by atoms with Crippen molar-refractivity contribution in [3.05, 3.63) is 45.2 Å². The maximum atomic E-state index is 12.6. The SMILES string of the molecule is CC(=O)c1sc(=Nc2ccc(C(F)(F)F)cc2)n(C2CC2)c1C.Cl. The van der Waals surface area contributed by atoms with E-state index in [4.69, 9.17) is 0 Å². The first-order chi connectivity index (χ1) is 10.8. The summed E-state index contributed by atoms with van der Waals surface area (Å²) in [5.74, 6) is -0.0178. The summed E-state index contributed by atoms with van der Waals surface area (Å²) in [6.45, 7) is 3.40. The second-order valence-electron chi connectivity index (χ2n) is 5.61. The van der Waals surface area contributed by atoms with Crippen molar-refractivity contribution >= 4 is 35.2 Å². The van der Waals surface area contributed by atoms with Crippen LogP contribution in [0.3, 0.4) is 0 Å². The van der Waals surface area contributed by atoms with E-state index in [2.05, 4.69) is 4.99 Å². The Morgan fingerprint density at radius 2 is 1.83 bits per heavy atom. The molecular weight excluding hydrogens is 361 g/mol. The van der Waals surface area contributed by atoms with Gasteiger partial charge in [0.15, 0.2) is 10.6 Å². The third-order valence-corrected chi connectivity index (χ3v) is 5.00. The Kier molecular flexibility index (Phi) is 5.25. The standard InChI is InChI=1S/C16H15F3N2OS.ClH/c1-9-14(10(2)22)23-15(21(9)13-7-8-13)20-12-5-3-11(4-6-12)16(17,18)19;/h3-6,13H,7-8H2,1-2H3;1H. The number of benzene rings is 1. The van der Waals surface area contributed by atoms with Crippen LogP contribution < -0.4 is 4.80 Å². The molecule has 0 atom stereocenters. The maximum absolute atomic E-state index is 12.6. The van der Waals surface area contributed by atoms with Gasteiger partial charge >= 0.3 is 6.18 Å². The van der Waals surface area contributed by atoms with Crippen molar-refractivity contribution in [1.29, 1.82) is 0 Å². The largest absolute Gasteiger partial charge is 0.416 e. The van der Waals surface area contributed by atoms with Crippen LogP contribution in [0, 0.1) is 6.92 Å². The van der Waals surface area contributed by atoms with E-state index in [1.54, 1.807) is 0 Å². The highest BCUT2D eigenvalue weighted by atomic mass is 35.5. The molecule has 1 saturated carbocycles. The molecule has 0 spiro atoms. The van der Waals surface area contributed by atoms with Gasteiger partial charge in [-0.15, -0.1) is 12.4 Å². The van der Waals surface area contributed by atoms with E-state index in [0.29, 0.717) is 21.4 Å². The predicted molar refractivity (Wildman–Crippen MR) is 89.2 cm³/mol. The second-order valence-corrected chi connectivity index (χ2v) is 6.59. The molecule has 1 aliphatic carbocycles. The number of thiazole rings is 1. The van der Waals surface area contributed by atoms with E-state index in [1.165, 1.54) is 30.4 Å². The van der Waals surface area contributed by atoms with Gasteiger partial charge in [0, 0.05) is 18.7 Å². The molecule has 130 valence electrons. The van der Waals surface area contributed by atoms with Crippen molar-refractivity contribution < 1.29 is 18.0 Å². The first-order valence-corrected chi connectivity index (χ1v) is 8.04. The number of alkyl halides is 3. The molecule has 0 bridgehead atoms. The Hall–Kier alpha value is -1.60. The molecule has 0 aliphatic heterocycles. The number of hydrogen-bond donors (Lipinski definition) is 0. The molecule has 1 aromatic carbocycles. The van der Waals surface area contributed by atoms with Crippen LogP contribution in [0.1, 0.15) is 46.7 Å². The van der Waals surface area contributed by atoms with Gasteiger partial charge in [-0.3, -0.25) is 4.79 Å². The Morgan fingerprint density at radius 1 is 1.25 bits per heavy atom. The summed E-state index contributed by atoms with van der Waals surface area (Å²) in [5, 5.41) is 0.